The van der Waals surface area contributed by atoms with Gasteiger partial charge >= 0.3 is 0 Å². The van der Waals surface area contributed by atoms with E-state index in [1.165, 1.54) is 6.07 Å². The minimum Gasteiger partial charge on any atom is -0.393 e. The predicted octanol–water partition coefficient (Wildman–Crippen LogP) is 1.85. The third kappa shape index (κ3) is 1.72. The third-order valence-corrected chi connectivity index (χ3v) is 4.31. The molecule has 4 heteroatoms. The number of fused-ring (bicyclic) bond motifs is 1. The zero-order valence-corrected chi connectivity index (χ0v) is 10.1. The van der Waals surface area contributed by atoms with Crippen LogP contribution in [0.5, 0.6) is 0 Å². The number of rotatable bonds is 2. The van der Waals surface area contributed by atoms with Crippen LogP contribution in [0.1, 0.15) is 23.2 Å². The summed E-state index contributed by atoms with van der Waals surface area (Å²) >= 11 is 0. The van der Waals surface area contributed by atoms with Gasteiger partial charge in [0.2, 0.25) is 0 Å². The van der Waals surface area contributed by atoms with Gasteiger partial charge in [-0.2, -0.15) is 0 Å². The van der Waals surface area contributed by atoms with Gasteiger partial charge in [0.05, 0.1) is 17.4 Å². The highest BCUT2D eigenvalue weighted by Crippen LogP contribution is 2.40. The SMILES string of the molecule is O=Cc1c(F)cccc1N1CC2CCC(O)C2C1. The second-order valence-electron chi connectivity index (χ2n) is 5.26. The van der Waals surface area contributed by atoms with E-state index in [4.69, 9.17) is 0 Å². The van der Waals surface area contributed by atoms with Crippen molar-refractivity contribution in [3.8, 4) is 0 Å². The van der Waals surface area contributed by atoms with E-state index in [0.29, 0.717) is 17.9 Å². The van der Waals surface area contributed by atoms with Crippen LogP contribution in [0.25, 0.3) is 0 Å². The molecule has 3 nitrogen and oxygen atoms in total. The van der Waals surface area contributed by atoms with Gasteiger partial charge in [-0.15, -0.1) is 0 Å². The number of aldehydes is 1. The highest BCUT2D eigenvalue weighted by atomic mass is 19.1. The number of benzene rings is 1. The Balaban J connectivity index is 1.89. The van der Waals surface area contributed by atoms with E-state index in [-0.39, 0.29) is 17.6 Å². The van der Waals surface area contributed by atoms with E-state index < -0.39 is 5.82 Å². The summed E-state index contributed by atoms with van der Waals surface area (Å²) in [6.07, 6.45) is 2.23. The summed E-state index contributed by atoms with van der Waals surface area (Å²) < 4.78 is 13.6. The van der Waals surface area contributed by atoms with Crippen molar-refractivity contribution in [3.05, 3.63) is 29.6 Å². The zero-order chi connectivity index (χ0) is 12.7. The highest BCUT2D eigenvalue weighted by Gasteiger charge is 2.42. The Hall–Kier alpha value is -1.42. The lowest BCUT2D eigenvalue weighted by Gasteiger charge is -2.22. The molecule has 1 aliphatic carbocycles. The predicted molar refractivity (Wildman–Crippen MR) is 66.2 cm³/mol. The fraction of sp³-hybridized carbons (Fsp3) is 0.500. The molecule has 1 aliphatic heterocycles. The third-order valence-electron chi connectivity index (χ3n) is 4.31. The second kappa shape index (κ2) is 4.35. The van der Waals surface area contributed by atoms with Gasteiger partial charge in [-0.3, -0.25) is 4.79 Å². The lowest BCUT2D eigenvalue weighted by atomic mass is 10.00. The van der Waals surface area contributed by atoms with Crippen molar-refractivity contribution in [2.45, 2.75) is 18.9 Å². The van der Waals surface area contributed by atoms with Crippen molar-refractivity contribution in [2.24, 2.45) is 11.8 Å². The first-order valence-corrected chi connectivity index (χ1v) is 6.37. The molecule has 0 radical (unpaired) electrons. The summed E-state index contributed by atoms with van der Waals surface area (Å²) in [5, 5.41) is 9.87. The summed E-state index contributed by atoms with van der Waals surface area (Å²) in [5.74, 6) is 0.274. The molecule has 3 atom stereocenters. The Bertz CT molecular complexity index is 477. The number of anilines is 1. The van der Waals surface area contributed by atoms with Crippen LogP contribution in [-0.4, -0.2) is 30.6 Å². The number of hydrogen-bond donors (Lipinski definition) is 1. The van der Waals surface area contributed by atoms with Crippen LogP contribution in [-0.2, 0) is 0 Å². The maximum absolute atomic E-state index is 13.6. The van der Waals surface area contributed by atoms with Crippen LogP contribution < -0.4 is 4.90 Å². The molecule has 3 rings (SSSR count). The molecule has 96 valence electrons. The van der Waals surface area contributed by atoms with Gasteiger partial charge in [0.1, 0.15) is 5.82 Å². The molecule has 1 aromatic carbocycles. The maximum Gasteiger partial charge on any atom is 0.155 e. The summed E-state index contributed by atoms with van der Waals surface area (Å²) in [6.45, 7) is 1.53. The molecule has 2 aliphatic rings. The van der Waals surface area contributed by atoms with E-state index >= 15 is 0 Å². The van der Waals surface area contributed by atoms with Crippen LogP contribution in [0, 0.1) is 17.7 Å². The molecule has 1 saturated carbocycles. The first-order valence-electron chi connectivity index (χ1n) is 6.37. The quantitative estimate of drug-likeness (QED) is 0.813. The van der Waals surface area contributed by atoms with Crippen LogP contribution in [0.2, 0.25) is 0 Å². The Morgan fingerprint density at radius 1 is 1.33 bits per heavy atom. The van der Waals surface area contributed by atoms with E-state index in [0.717, 1.165) is 25.9 Å². The lowest BCUT2D eigenvalue weighted by molar-refractivity contribution is 0.112. The van der Waals surface area contributed by atoms with Crippen molar-refractivity contribution in [1.29, 1.82) is 0 Å². The maximum atomic E-state index is 13.6. The average Bonchev–Trinajstić information content (AvgIpc) is 2.92. The fourth-order valence-corrected chi connectivity index (χ4v) is 3.35. The van der Waals surface area contributed by atoms with Gasteiger partial charge in [0, 0.05) is 19.0 Å². The van der Waals surface area contributed by atoms with Gasteiger partial charge in [0.25, 0.3) is 0 Å². The molecule has 3 unspecified atom stereocenters. The molecule has 1 heterocycles. The standard InChI is InChI=1S/C14H16FNO2/c15-12-2-1-3-13(11(12)8-17)16-6-9-4-5-14(18)10(9)7-16/h1-3,8-10,14,18H,4-7H2. The van der Waals surface area contributed by atoms with Crippen LogP contribution >= 0.6 is 0 Å². The number of halogens is 1. The van der Waals surface area contributed by atoms with Crippen molar-refractivity contribution in [1.82, 2.24) is 0 Å². The van der Waals surface area contributed by atoms with Gasteiger partial charge in [-0.25, -0.2) is 4.39 Å². The number of carbonyl (C=O) groups excluding carboxylic acids is 1. The van der Waals surface area contributed by atoms with Gasteiger partial charge in [0.15, 0.2) is 6.29 Å². The summed E-state index contributed by atoms with van der Waals surface area (Å²) in [5.41, 5.74) is 0.790. The Labute approximate surface area is 105 Å². The summed E-state index contributed by atoms with van der Waals surface area (Å²) in [4.78, 5) is 13.0. The monoisotopic (exact) mass is 249 g/mol. The average molecular weight is 249 g/mol. The molecule has 0 bridgehead atoms. The summed E-state index contributed by atoms with van der Waals surface area (Å²) in [6, 6.07) is 4.71. The van der Waals surface area contributed by atoms with Crippen molar-refractivity contribution in [2.75, 3.05) is 18.0 Å². The zero-order valence-electron chi connectivity index (χ0n) is 10.1. The van der Waals surface area contributed by atoms with Crippen molar-refractivity contribution < 1.29 is 14.3 Å². The van der Waals surface area contributed by atoms with Gasteiger partial charge < -0.3 is 10.0 Å². The van der Waals surface area contributed by atoms with Crippen LogP contribution in [0.4, 0.5) is 10.1 Å². The largest absolute Gasteiger partial charge is 0.393 e. The number of carbonyl (C=O) groups is 1. The topological polar surface area (TPSA) is 40.5 Å². The molecule has 0 amide bonds. The molecule has 0 aromatic heterocycles. The number of aliphatic hydroxyl groups is 1. The van der Waals surface area contributed by atoms with E-state index in [1.54, 1.807) is 12.1 Å². The molecular formula is C14H16FNO2. The minimum absolute atomic E-state index is 0.131. The van der Waals surface area contributed by atoms with Crippen molar-refractivity contribution >= 4 is 12.0 Å². The molecule has 18 heavy (non-hydrogen) atoms. The molecule has 1 saturated heterocycles. The Morgan fingerprint density at radius 2 is 2.17 bits per heavy atom. The van der Waals surface area contributed by atoms with E-state index in [2.05, 4.69) is 0 Å². The van der Waals surface area contributed by atoms with Crippen LogP contribution in [0.15, 0.2) is 18.2 Å². The number of nitrogens with zero attached hydrogens (tertiary/aromatic N) is 1. The van der Waals surface area contributed by atoms with Crippen LogP contribution in [0.3, 0.4) is 0 Å². The van der Waals surface area contributed by atoms with Crippen molar-refractivity contribution in [3.63, 3.8) is 0 Å². The molecule has 2 fully saturated rings. The first-order chi connectivity index (χ1) is 8.70. The smallest absolute Gasteiger partial charge is 0.155 e. The number of hydrogen-bond acceptors (Lipinski definition) is 3. The Kier molecular flexibility index (Phi) is 2.82. The first kappa shape index (κ1) is 11.7. The normalized spacial score (nSPS) is 30.6. The fourth-order valence-electron chi connectivity index (χ4n) is 3.35. The molecule has 1 aromatic rings. The Morgan fingerprint density at radius 3 is 2.89 bits per heavy atom. The van der Waals surface area contributed by atoms with Gasteiger partial charge in [-0.1, -0.05) is 6.07 Å². The van der Waals surface area contributed by atoms with Gasteiger partial charge in [-0.05, 0) is 30.9 Å². The highest BCUT2D eigenvalue weighted by molar-refractivity contribution is 5.85. The van der Waals surface area contributed by atoms with E-state index in [9.17, 15) is 14.3 Å². The molecule has 0 spiro atoms. The molecular weight excluding hydrogens is 233 g/mol. The molecule has 1 N–H and O–H groups in total. The lowest BCUT2D eigenvalue weighted by Crippen LogP contribution is -2.25. The number of aliphatic hydroxyl groups excluding tert-OH is 1. The van der Waals surface area contributed by atoms with E-state index in [1.807, 2.05) is 4.90 Å². The second-order valence-corrected chi connectivity index (χ2v) is 5.26. The minimum atomic E-state index is -0.472. The summed E-state index contributed by atoms with van der Waals surface area (Å²) in [7, 11) is 0.